The van der Waals surface area contributed by atoms with E-state index in [-0.39, 0.29) is 0 Å². The molecule has 0 N–H and O–H groups in total. The molecule has 1 unspecified atom stereocenters. The third-order valence-corrected chi connectivity index (χ3v) is 0.819. The number of carbonyl (C=O) groups excluding carboxylic acids is 1. The van der Waals surface area contributed by atoms with E-state index in [1.165, 1.54) is 6.92 Å². The molecule has 0 saturated heterocycles. The number of rotatable bonds is 4. The van der Waals surface area contributed by atoms with Crippen molar-refractivity contribution in [3.63, 3.8) is 0 Å². The molecule has 0 saturated carbocycles. The molecular formula is C6H11O4. The summed E-state index contributed by atoms with van der Waals surface area (Å²) >= 11 is 0. The quantitative estimate of drug-likeness (QED) is 0.445. The number of hydrogen-bond donors (Lipinski definition) is 0. The Bertz CT molecular complexity index is 102. The molecule has 0 bridgehead atoms. The Balaban J connectivity index is 3.25. The average Bonchev–Trinajstić information content (AvgIpc) is 1.82. The van der Waals surface area contributed by atoms with Gasteiger partial charge in [-0.15, -0.1) is 0 Å². The summed E-state index contributed by atoms with van der Waals surface area (Å²) in [5.74, 6) is 0. The molecule has 10 heavy (non-hydrogen) atoms. The fourth-order valence-corrected chi connectivity index (χ4v) is 0.453. The van der Waals surface area contributed by atoms with Gasteiger partial charge in [-0.05, 0) is 13.3 Å². The SMILES string of the molecule is CCCOC(C)OC([O])=O. The maximum Gasteiger partial charge on any atom is 0.552 e. The van der Waals surface area contributed by atoms with Crippen LogP contribution in [-0.2, 0) is 14.6 Å². The highest BCUT2D eigenvalue weighted by atomic mass is 16.8. The summed E-state index contributed by atoms with van der Waals surface area (Å²) in [4.78, 5) is 9.76. The number of carbonyl (C=O) groups is 1. The highest BCUT2D eigenvalue weighted by molar-refractivity contribution is 5.56. The van der Waals surface area contributed by atoms with Crippen LogP contribution in [-0.4, -0.2) is 19.1 Å². The zero-order chi connectivity index (χ0) is 7.98. The Kier molecular flexibility index (Phi) is 4.66. The van der Waals surface area contributed by atoms with Crippen LogP contribution in [0.4, 0.5) is 4.79 Å². The molecule has 0 spiro atoms. The predicted octanol–water partition coefficient (Wildman–Crippen LogP) is 1.33. The molecule has 59 valence electrons. The van der Waals surface area contributed by atoms with Gasteiger partial charge in [-0.25, -0.2) is 0 Å². The molecule has 0 aliphatic rings. The minimum Gasteiger partial charge on any atom is -0.402 e. The minimum absolute atomic E-state index is 0.494. The van der Waals surface area contributed by atoms with E-state index in [0.717, 1.165) is 6.42 Å². The van der Waals surface area contributed by atoms with Crippen molar-refractivity contribution in [1.29, 1.82) is 0 Å². The van der Waals surface area contributed by atoms with Gasteiger partial charge in [0.05, 0.1) is 6.61 Å². The van der Waals surface area contributed by atoms with Gasteiger partial charge in [-0.2, -0.15) is 9.90 Å². The summed E-state index contributed by atoms with van der Waals surface area (Å²) < 4.78 is 8.99. The van der Waals surface area contributed by atoms with Gasteiger partial charge < -0.3 is 9.47 Å². The summed E-state index contributed by atoms with van der Waals surface area (Å²) in [6, 6.07) is 0. The molecule has 0 aromatic rings. The van der Waals surface area contributed by atoms with Crippen molar-refractivity contribution in [2.24, 2.45) is 0 Å². The van der Waals surface area contributed by atoms with E-state index in [9.17, 15) is 9.90 Å². The van der Waals surface area contributed by atoms with Crippen LogP contribution < -0.4 is 0 Å². The maximum absolute atomic E-state index is 9.76. The smallest absolute Gasteiger partial charge is 0.402 e. The lowest BCUT2D eigenvalue weighted by Gasteiger charge is -2.08. The van der Waals surface area contributed by atoms with Crippen LogP contribution in [0, 0.1) is 0 Å². The molecule has 1 atom stereocenters. The van der Waals surface area contributed by atoms with Gasteiger partial charge in [-0.3, -0.25) is 0 Å². The fraction of sp³-hybridized carbons (Fsp3) is 0.833. The summed E-state index contributed by atoms with van der Waals surface area (Å²) in [6.07, 6.45) is -1.44. The van der Waals surface area contributed by atoms with Crippen molar-refractivity contribution in [3.05, 3.63) is 0 Å². The molecule has 1 radical (unpaired) electrons. The predicted molar refractivity (Wildman–Crippen MR) is 32.9 cm³/mol. The molecule has 0 amide bonds. The molecule has 4 heteroatoms. The van der Waals surface area contributed by atoms with Crippen molar-refractivity contribution < 1.29 is 19.4 Å². The zero-order valence-corrected chi connectivity index (χ0v) is 6.12. The first-order valence-corrected chi connectivity index (χ1v) is 3.16. The second-order valence-corrected chi connectivity index (χ2v) is 1.81. The van der Waals surface area contributed by atoms with E-state index < -0.39 is 12.4 Å². The standard InChI is InChI=1S/C6H11O4/c1-3-4-9-5(2)10-6(7)8/h5H,3-4H2,1-2H3. The van der Waals surface area contributed by atoms with Gasteiger partial charge in [0.1, 0.15) is 0 Å². The van der Waals surface area contributed by atoms with Crippen LogP contribution in [0.3, 0.4) is 0 Å². The Hall–Kier alpha value is -0.770. The van der Waals surface area contributed by atoms with Gasteiger partial charge in [0, 0.05) is 0 Å². The second kappa shape index (κ2) is 5.05. The largest absolute Gasteiger partial charge is 0.552 e. The summed E-state index contributed by atoms with van der Waals surface area (Å²) in [5.41, 5.74) is 0. The highest BCUT2D eigenvalue weighted by Crippen LogP contribution is 1.94. The van der Waals surface area contributed by atoms with Crippen molar-refractivity contribution in [3.8, 4) is 0 Å². The first-order chi connectivity index (χ1) is 4.66. The lowest BCUT2D eigenvalue weighted by molar-refractivity contribution is -0.109. The molecule has 0 heterocycles. The monoisotopic (exact) mass is 147 g/mol. The van der Waals surface area contributed by atoms with Gasteiger partial charge in [-0.1, -0.05) is 6.92 Å². The molecule has 0 aliphatic carbocycles. The fourth-order valence-electron chi connectivity index (χ4n) is 0.453. The molecular weight excluding hydrogens is 136 g/mol. The summed E-state index contributed by atoms with van der Waals surface area (Å²) in [6.45, 7) is 3.92. The van der Waals surface area contributed by atoms with Gasteiger partial charge >= 0.3 is 6.16 Å². The molecule has 4 nitrogen and oxygen atoms in total. The lowest BCUT2D eigenvalue weighted by Crippen LogP contribution is -2.16. The third-order valence-electron chi connectivity index (χ3n) is 0.819. The molecule has 0 rings (SSSR count). The van der Waals surface area contributed by atoms with Crippen molar-refractivity contribution in [2.75, 3.05) is 6.61 Å². The lowest BCUT2D eigenvalue weighted by atomic mass is 10.5. The van der Waals surface area contributed by atoms with E-state index in [0.29, 0.717) is 6.61 Å². The molecule has 0 aromatic heterocycles. The third kappa shape index (κ3) is 5.37. The van der Waals surface area contributed by atoms with Crippen LogP contribution in [0.1, 0.15) is 20.3 Å². The van der Waals surface area contributed by atoms with E-state index in [1.807, 2.05) is 6.92 Å². The number of ether oxygens (including phenoxy) is 2. The molecule has 0 aromatic carbocycles. The van der Waals surface area contributed by atoms with Crippen molar-refractivity contribution >= 4 is 6.16 Å². The van der Waals surface area contributed by atoms with Crippen molar-refractivity contribution in [2.45, 2.75) is 26.6 Å². The van der Waals surface area contributed by atoms with Crippen LogP contribution >= 0.6 is 0 Å². The van der Waals surface area contributed by atoms with Crippen LogP contribution in [0.25, 0.3) is 0 Å². The normalized spacial score (nSPS) is 12.6. The summed E-state index contributed by atoms with van der Waals surface area (Å²) in [5, 5.41) is 9.76. The van der Waals surface area contributed by atoms with Gasteiger partial charge in [0.25, 0.3) is 0 Å². The Morgan fingerprint density at radius 3 is 2.60 bits per heavy atom. The first kappa shape index (κ1) is 9.23. The van der Waals surface area contributed by atoms with Gasteiger partial charge in [0.2, 0.25) is 6.29 Å². The average molecular weight is 147 g/mol. The Morgan fingerprint density at radius 2 is 2.20 bits per heavy atom. The number of hydrogen-bond acceptors (Lipinski definition) is 3. The van der Waals surface area contributed by atoms with E-state index in [4.69, 9.17) is 4.74 Å². The second-order valence-electron chi connectivity index (χ2n) is 1.81. The first-order valence-electron chi connectivity index (χ1n) is 3.16. The molecule has 0 fully saturated rings. The van der Waals surface area contributed by atoms with E-state index >= 15 is 0 Å². The Labute approximate surface area is 59.7 Å². The van der Waals surface area contributed by atoms with Gasteiger partial charge in [0.15, 0.2) is 0 Å². The van der Waals surface area contributed by atoms with Crippen molar-refractivity contribution in [1.82, 2.24) is 0 Å². The zero-order valence-electron chi connectivity index (χ0n) is 6.12. The Morgan fingerprint density at radius 1 is 1.60 bits per heavy atom. The van der Waals surface area contributed by atoms with Crippen LogP contribution in [0.15, 0.2) is 0 Å². The molecule has 0 aliphatic heterocycles. The van der Waals surface area contributed by atoms with Crippen LogP contribution in [0.5, 0.6) is 0 Å². The topological polar surface area (TPSA) is 55.4 Å². The van der Waals surface area contributed by atoms with E-state index in [2.05, 4.69) is 4.74 Å². The minimum atomic E-state index is -1.55. The van der Waals surface area contributed by atoms with Crippen LogP contribution in [0.2, 0.25) is 0 Å². The maximum atomic E-state index is 9.76. The van der Waals surface area contributed by atoms with E-state index in [1.54, 1.807) is 0 Å². The highest BCUT2D eigenvalue weighted by Gasteiger charge is 2.07. The summed E-state index contributed by atoms with van der Waals surface area (Å²) in [7, 11) is 0.